The minimum absolute atomic E-state index is 0.236. The third kappa shape index (κ3) is 2.40. The molecule has 2 aromatic rings. The van der Waals surface area contributed by atoms with Crippen LogP contribution < -0.4 is 23.7 Å². The van der Waals surface area contributed by atoms with E-state index in [0.717, 1.165) is 16.7 Å². The Balaban J connectivity index is 1.65. The van der Waals surface area contributed by atoms with Crippen LogP contribution in [0.5, 0.6) is 28.7 Å². The van der Waals surface area contributed by atoms with Gasteiger partial charge in [0.2, 0.25) is 0 Å². The molecule has 0 saturated carbocycles. The molecule has 1 spiro atoms. The lowest BCUT2D eigenvalue weighted by molar-refractivity contribution is -0.189. The van der Waals surface area contributed by atoms with Crippen LogP contribution in [0, 0.1) is 0 Å². The molecule has 0 aliphatic carbocycles. The highest BCUT2D eigenvalue weighted by atomic mass is 16.7. The summed E-state index contributed by atoms with van der Waals surface area (Å²) in [4.78, 5) is 12.3. The van der Waals surface area contributed by atoms with Gasteiger partial charge in [0.15, 0.2) is 29.1 Å². The average molecular weight is 414 g/mol. The Morgan fingerprint density at radius 2 is 1.70 bits per heavy atom. The summed E-state index contributed by atoms with van der Waals surface area (Å²) >= 11 is 0. The van der Waals surface area contributed by atoms with E-state index in [-0.39, 0.29) is 6.61 Å². The molecule has 2 aromatic carbocycles. The summed E-state index contributed by atoms with van der Waals surface area (Å²) < 4.78 is 40.5. The molecule has 0 aromatic heterocycles. The molecular formula is C22H22O8. The zero-order chi connectivity index (χ0) is 21.0. The number of hydrogen-bond donors (Lipinski definition) is 0. The number of methoxy groups -OCH3 is 4. The number of fused-ring (bicyclic) bond motifs is 3. The molecule has 3 aliphatic heterocycles. The van der Waals surface area contributed by atoms with Crippen LogP contribution in [-0.2, 0) is 22.5 Å². The van der Waals surface area contributed by atoms with E-state index in [9.17, 15) is 4.79 Å². The van der Waals surface area contributed by atoms with Crippen molar-refractivity contribution in [3.05, 3.63) is 40.5 Å². The Morgan fingerprint density at radius 3 is 2.40 bits per heavy atom. The van der Waals surface area contributed by atoms with E-state index in [1.165, 1.54) is 7.11 Å². The van der Waals surface area contributed by atoms with E-state index in [2.05, 4.69) is 0 Å². The number of cyclic esters (lactones) is 1. The molecule has 0 bridgehead atoms. The van der Waals surface area contributed by atoms with E-state index in [0.29, 0.717) is 47.2 Å². The van der Waals surface area contributed by atoms with Crippen molar-refractivity contribution in [2.75, 3.05) is 28.4 Å². The maximum Gasteiger partial charge on any atom is 0.342 e. The number of carbonyl (C=O) groups is 1. The van der Waals surface area contributed by atoms with Crippen molar-refractivity contribution in [3.8, 4) is 28.7 Å². The fourth-order valence-corrected chi connectivity index (χ4v) is 4.59. The standard InChI is InChI=1S/C22H22O8/c1-24-13-5-6-14(25-2)18-16(13)20(27-4)22(30-18)8-7-11-9-12-10-28-21(23)15(12)19(26-3)17(11)29-22/h5-6,9,20H,7-8,10H2,1-4H3/t20-,22-/m1/s1. The van der Waals surface area contributed by atoms with Gasteiger partial charge in [0.25, 0.3) is 5.79 Å². The zero-order valence-corrected chi connectivity index (χ0v) is 17.2. The minimum atomic E-state index is -1.16. The van der Waals surface area contributed by atoms with Crippen LogP contribution in [0.3, 0.4) is 0 Å². The third-order valence-electron chi connectivity index (χ3n) is 5.91. The maximum absolute atomic E-state index is 12.3. The van der Waals surface area contributed by atoms with Crippen LogP contribution in [0.4, 0.5) is 0 Å². The molecule has 0 saturated heterocycles. The van der Waals surface area contributed by atoms with Crippen LogP contribution >= 0.6 is 0 Å². The van der Waals surface area contributed by atoms with Crippen LogP contribution in [0.2, 0.25) is 0 Å². The molecule has 8 nitrogen and oxygen atoms in total. The smallest absolute Gasteiger partial charge is 0.342 e. The second-order valence-corrected chi connectivity index (χ2v) is 7.35. The van der Waals surface area contributed by atoms with Crippen molar-refractivity contribution in [1.29, 1.82) is 0 Å². The van der Waals surface area contributed by atoms with Gasteiger partial charge in [0, 0.05) is 19.1 Å². The zero-order valence-electron chi connectivity index (χ0n) is 17.2. The van der Waals surface area contributed by atoms with Crippen molar-refractivity contribution in [3.63, 3.8) is 0 Å². The Hall–Kier alpha value is -3.13. The monoisotopic (exact) mass is 414 g/mol. The summed E-state index contributed by atoms with van der Waals surface area (Å²) in [5.74, 6) is 0.946. The molecule has 158 valence electrons. The third-order valence-corrected chi connectivity index (χ3v) is 5.91. The van der Waals surface area contributed by atoms with Crippen molar-refractivity contribution in [2.45, 2.75) is 31.3 Å². The Labute approximate surface area is 173 Å². The second-order valence-electron chi connectivity index (χ2n) is 7.35. The van der Waals surface area contributed by atoms with Gasteiger partial charge in [0.1, 0.15) is 17.9 Å². The molecule has 30 heavy (non-hydrogen) atoms. The van der Waals surface area contributed by atoms with Gasteiger partial charge in [-0.1, -0.05) is 0 Å². The topological polar surface area (TPSA) is 81.7 Å². The Kier molecular flexibility index (Phi) is 4.21. The van der Waals surface area contributed by atoms with Crippen molar-refractivity contribution < 1.29 is 38.0 Å². The lowest BCUT2D eigenvalue weighted by Crippen LogP contribution is -2.47. The van der Waals surface area contributed by atoms with Crippen molar-refractivity contribution in [1.82, 2.24) is 0 Å². The summed E-state index contributed by atoms with van der Waals surface area (Å²) in [6.45, 7) is 0.236. The number of hydrogen-bond acceptors (Lipinski definition) is 8. The molecule has 0 unspecified atom stereocenters. The van der Waals surface area contributed by atoms with E-state index in [1.807, 2.05) is 12.1 Å². The summed E-state index contributed by atoms with van der Waals surface area (Å²) in [6.07, 6.45) is 0.595. The lowest BCUT2D eigenvalue weighted by atomic mass is 9.91. The molecule has 8 heteroatoms. The molecule has 5 rings (SSSR count). The van der Waals surface area contributed by atoms with Crippen molar-refractivity contribution in [2.24, 2.45) is 0 Å². The molecule has 0 fully saturated rings. The first kappa shape index (κ1) is 18.9. The summed E-state index contributed by atoms with van der Waals surface area (Å²) in [7, 11) is 6.28. The first-order valence-corrected chi connectivity index (χ1v) is 9.62. The number of ether oxygens (including phenoxy) is 7. The fourth-order valence-electron chi connectivity index (χ4n) is 4.59. The number of carbonyl (C=O) groups excluding carboxylic acids is 1. The normalized spacial score (nSPS) is 23.1. The van der Waals surface area contributed by atoms with E-state index >= 15 is 0 Å². The summed E-state index contributed by atoms with van der Waals surface area (Å²) in [6, 6.07) is 5.53. The highest BCUT2D eigenvalue weighted by molar-refractivity contribution is 5.97. The Morgan fingerprint density at radius 1 is 0.967 bits per heavy atom. The molecule has 2 atom stereocenters. The van der Waals surface area contributed by atoms with Gasteiger partial charge in [0.05, 0.1) is 26.9 Å². The first-order valence-electron chi connectivity index (χ1n) is 9.62. The predicted molar refractivity (Wildman–Crippen MR) is 104 cm³/mol. The van der Waals surface area contributed by atoms with Crippen LogP contribution in [0.15, 0.2) is 18.2 Å². The average Bonchev–Trinajstić information content (AvgIpc) is 3.29. The highest BCUT2D eigenvalue weighted by Crippen LogP contribution is 2.58. The van der Waals surface area contributed by atoms with Crippen LogP contribution in [0.1, 0.15) is 39.6 Å². The Bertz CT molecular complexity index is 1050. The van der Waals surface area contributed by atoms with Gasteiger partial charge in [-0.2, -0.15) is 0 Å². The van der Waals surface area contributed by atoms with Gasteiger partial charge >= 0.3 is 5.97 Å². The van der Waals surface area contributed by atoms with Gasteiger partial charge in [-0.15, -0.1) is 0 Å². The molecule has 0 radical (unpaired) electrons. The fraction of sp³-hybridized carbons (Fsp3) is 0.409. The number of benzene rings is 2. The van der Waals surface area contributed by atoms with Gasteiger partial charge in [-0.05, 0) is 30.2 Å². The predicted octanol–water partition coefficient (Wildman–Crippen LogP) is 3.18. The van der Waals surface area contributed by atoms with Crippen LogP contribution in [-0.4, -0.2) is 40.2 Å². The molecule has 3 aliphatic rings. The quantitative estimate of drug-likeness (QED) is 0.706. The molecule has 3 heterocycles. The number of esters is 1. The largest absolute Gasteiger partial charge is 0.496 e. The lowest BCUT2D eigenvalue weighted by Gasteiger charge is -2.38. The SMILES string of the molecule is COc1ccc(OC)c2c1O[C@]1(CCc3cc4c(c(OC)c3O1)C(=O)OC4)[C@@H]2OC. The van der Waals surface area contributed by atoms with Gasteiger partial charge < -0.3 is 33.2 Å². The second kappa shape index (κ2) is 6.70. The van der Waals surface area contributed by atoms with E-state index < -0.39 is 17.9 Å². The maximum atomic E-state index is 12.3. The van der Waals surface area contributed by atoms with Crippen LogP contribution in [0.25, 0.3) is 0 Å². The molecular weight excluding hydrogens is 392 g/mol. The number of aryl methyl sites for hydroxylation is 1. The summed E-state index contributed by atoms with van der Waals surface area (Å²) in [5.41, 5.74) is 2.86. The first-order chi connectivity index (χ1) is 14.6. The van der Waals surface area contributed by atoms with Gasteiger partial charge in [-0.25, -0.2) is 4.79 Å². The number of rotatable bonds is 4. The minimum Gasteiger partial charge on any atom is -0.496 e. The molecule has 0 N–H and O–H groups in total. The van der Waals surface area contributed by atoms with E-state index in [1.54, 1.807) is 27.4 Å². The van der Waals surface area contributed by atoms with E-state index in [4.69, 9.17) is 33.2 Å². The van der Waals surface area contributed by atoms with Crippen molar-refractivity contribution >= 4 is 5.97 Å². The summed E-state index contributed by atoms with van der Waals surface area (Å²) in [5, 5.41) is 0. The molecule has 0 amide bonds. The highest BCUT2D eigenvalue weighted by Gasteiger charge is 2.56. The van der Waals surface area contributed by atoms with Gasteiger partial charge in [-0.3, -0.25) is 0 Å².